The Hall–Kier alpha value is -3.48. The highest BCUT2D eigenvalue weighted by Crippen LogP contribution is 2.17. The molecule has 1 aromatic heterocycles. The first-order chi connectivity index (χ1) is 15.6. The lowest BCUT2D eigenvalue weighted by molar-refractivity contribution is -0.134. The van der Waals surface area contributed by atoms with Crippen molar-refractivity contribution in [2.24, 2.45) is 0 Å². The van der Waals surface area contributed by atoms with Crippen molar-refractivity contribution < 1.29 is 14.3 Å². The van der Waals surface area contributed by atoms with Gasteiger partial charge in [-0.05, 0) is 43.5 Å². The number of amides is 1. The van der Waals surface area contributed by atoms with Gasteiger partial charge in [0.2, 0.25) is 0 Å². The molecule has 1 aliphatic rings. The van der Waals surface area contributed by atoms with Gasteiger partial charge in [-0.25, -0.2) is 9.78 Å². The van der Waals surface area contributed by atoms with E-state index in [9.17, 15) is 14.4 Å². The summed E-state index contributed by atoms with van der Waals surface area (Å²) in [5.41, 5.74) is 1.71. The van der Waals surface area contributed by atoms with Crippen molar-refractivity contribution >= 4 is 22.8 Å². The third-order valence-electron chi connectivity index (χ3n) is 5.83. The van der Waals surface area contributed by atoms with Crippen LogP contribution >= 0.6 is 0 Å². The summed E-state index contributed by atoms with van der Waals surface area (Å²) in [4.78, 5) is 44.3. The Morgan fingerprint density at radius 3 is 2.69 bits per heavy atom. The van der Waals surface area contributed by atoms with Crippen LogP contribution in [0.4, 0.5) is 0 Å². The first-order valence-corrected chi connectivity index (χ1v) is 11.1. The molecular weight excluding hydrogens is 406 g/mol. The fourth-order valence-electron chi connectivity index (χ4n) is 4.03. The lowest BCUT2D eigenvalue weighted by Crippen LogP contribution is -2.34. The van der Waals surface area contributed by atoms with Gasteiger partial charge in [0.1, 0.15) is 5.82 Å². The predicted molar refractivity (Wildman–Crippen MR) is 121 cm³/mol. The molecule has 1 aliphatic heterocycles. The first kappa shape index (κ1) is 21.7. The summed E-state index contributed by atoms with van der Waals surface area (Å²) < 4.78 is 7.03. The number of fused-ring (bicyclic) bond motifs is 2. The SMILES string of the molecule is CCN(Cc1ccccc1)C(=O)COC(=O)c1ccc2c(=O)n3c(nc2c1)CCCCC3. The third kappa shape index (κ3) is 4.72. The van der Waals surface area contributed by atoms with Crippen molar-refractivity contribution in [3.8, 4) is 0 Å². The summed E-state index contributed by atoms with van der Waals surface area (Å²) >= 11 is 0. The monoisotopic (exact) mass is 433 g/mol. The smallest absolute Gasteiger partial charge is 0.338 e. The Bertz CT molecular complexity index is 1190. The maximum atomic E-state index is 12.8. The van der Waals surface area contributed by atoms with Crippen molar-refractivity contribution in [2.75, 3.05) is 13.2 Å². The summed E-state index contributed by atoms with van der Waals surface area (Å²) in [6.45, 7) is 3.21. The molecule has 0 saturated carbocycles. The second-order valence-corrected chi connectivity index (χ2v) is 8.00. The molecule has 4 rings (SSSR count). The molecule has 0 atom stereocenters. The number of nitrogens with zero attached hydrogens (tertiary/aromatic N) is 3. The van der Waals surface area contributed by atoms with Crippen LogP contribution in [0, 0.1) is 0 Å². The van der Waals surface area contributed by atoms with Gasteiger partial charge in [0, 0.05) is 26.1 Å². The third-order valence-corrected chi connectivity index (χ3v) is 5.83. The lowest BCUT2D eigenvalue weighted by atomic mass is 10.1. The maximum absolute atomic E-state index is 12.8. The molecular formula is C25H27N3O4. The molecule has 166 valence electrons. The van der Waals surface area contributed by atoms with E-state index in [1.807, 2.05) is 37.3 Å². The van der Waals surface area contributed by atoms with Gasteiger partial charge in [0.25, 0.3) is 11.5 Å². The van der Waals surface area contributed by atoms with E-state index in [0.29, 0.717) is 30.5 Å². The minimum Gasteiger partial charge on any atom is -0.452 e. The van der Waals surface area contributed by atoms with E-state index in [2.05, 4.69) is 4.98 Å². The number of likely N-dealkylation sites (N-methyl/N-ethyl adjacent to an activating group) is 1. The molecule has 0 fully saturated rings. The minimum absolute atomic E-state index is 0.0681. The maximum Gasteiger partial charge on any atom is 0.338 e. The van der Waals surface area contributed by atoms with Crippen LogP contribution < -0.4 is 5.56 Å². The zero-order valence-corrected chi connectivity index (χ0v) is 18.3. The van der Waals surface area contributed by atoms with Crippen molar-refractivity contribution in [1.29, 1.82) is 0 Å². The van der Waals surface area contributed by atoms with E-state index >= 15 is 0 Å². The molecule has 0 radical (unpaired) electrons. The topological polar surface area (TPSA) is 81.5 Å². The fourth-order valence-corrected chi connectivity index (χ4v) is 4.03. The molecule has 0 bridgehead atoms. The van der Waals surface area contributed by atoms with Crippen LogP contribution in [-0.2, 0) is 29.0 Å². The molecule has 7 heteroatoms. The standard InChI is InChI=1S/C25H27N3O4/c1-2-27(16-18-9-5-3-6-10-18)23(29)17-32-25(31)19-12-13-20-21(15-19)26-22-11-7-4-8-14-28(22)24(20)30/h3,5-6,9-10,12-13,15H,2,4,7-8,11,14,16-17H2,1H3. The van der Waals surface area contributed by atoms with E-state index in [4.69, 9.17) is 4.74 Å². The normalized spacial score (nSPS) is 13.3. The van der Waals surface area contributed by atoms with Gasteiger partial charge in [-0.1, -0.05) is 36.8 Å². The van der Waals surface area contributed by atoms with Crippen LogP contribution in [0.15, 0.2) is 53.3 Å². The minimum atomic E-state index is -0.604. The number of carbonyl (C=O) groups excluding carboxylic acids is 2. The number of carbonyl (C=O) groups is 2. The quantitative estimate of drug-likeness (QED) is 0.557. The highest BCUT2D eigenvalue weighted by Gasteiger charge is 2.18. The number of hydrogen-bond acceptors (Lipinski definition) is 5. The number of aryl methyl sites for hydroxylation is 1. The predicted octanol–water partition coefficient (Wildman–Crippen LogP) is 3.33. The van der Waals surface area contributed by atoms with E-state index in [1.54, 1.807) is 27.7 Å². The Morgan fingerprint density at radius 1 is 1.09 bits per heavy atom. The molecule has 0 saturated heterocycles. The highest BCUT2D eigenvalue weighted by atomic mass is 16.5. The van der Waals surface area contributed by atoms with Gasteiger partial charge in [0.05, 0.1) is 16.5 Å². The number of rotatable bonds is 6. The number of hydrogen-bond donors (Lipinski definition) is 0. The summed E-state index contributed by atoms with van der Waals surface area (Å²) in [6, 6.07) is 14.4. The number of aromatic nitrogens is 2. The molecule has 0 N–H and O–H groups in total. The van der Waals surface area contributed by atoms with Crippen molar-refractivity contribution in [2.45, 2.75) is 45.7 Å². The summed E-state index contributed by atoms with van der Waals surface area (Å²) in [5, 5.41) is 0.489. The first-order valence-electron chi connectivity index (χ1n) is 11.1. The van der Waals surface area contributed by atoms with Gasteiger partial charge in [0.15, 0.2) is 6.61 Å². The van der Waals surface area contributed by atoms with E-state index < -0.39 is 5.97 Å². The van der Waals surface area contributed by atoms with Crippen LogP contribution in [0.25, 0.3) is 10.9 Å². The van der Waals surface area contributed by atoms with Crippen LogP contribution in [-0.4, -0.2) is 39.5 Å². The zero-order chi connectivity index (χ0) is 22.5. The molecule has 32 heavy (non-hydrogen) atoms. The largest absolute Gasteiger partial charge is 0.452 e. The highest BCUT2D eigenvalue weighted by molar-refractivity contribution is 5.95. The number of ether oxygens (including phenoxy) is 1. The second-order valence-electron chi connectivity index (χ2n) is 8.00. The zero-order valence-electron chi connectivity index (χ0n) is 18.3. The van der Waals surface area contributed by atoms with Gasteiger partial charge in [-0.15, -0.1) is 0 Å². The van der Waals surface area contributed by atoms with Gasteiger partial charge in [-0.2, -0.15) is 0 Å². The molecule has 0 aliphatic carbocycles. The number of benzene rings is 2. The van der Waals surface area contributed by atoms with Crippen molar-refractivity contribution in [3.63, 3.8) is 0 Å². The average Bonchev–Trinajstić information content (AvgIpc) is 3.07. The number of esters is 1. The van der Waals surface area contributed by atoms with Crippen LogP contribution in [0.1, 0.15) is 47.9 Å². The van der Waals surface area contributed by atoms with Gasteiger partial charge in [-0.3, -0.25) is 14.2 Å². The molecule has 0 unspecified atom stereocenters. The average molecular weight is 434 g/mol. The van der Waals surface area contributed by atoms with Crippen LogP contribution in [0.5, 0.6) is 0 Å². The molecule has 1 amide bonds. The Labute approximate surface area is 186 Å². The van der Waals surface area contributed by atoms with Gasteiger partial charge < -0.3 is 9.64 Å². The Kier molecular flexibility index (Phi) is 6.63. The van der Waals surface area contributed by atoms with E-state index in [-0.39, 0.29) is 23.6 Å². The van der Waals surface area contributed by atoms with Crippen LogP contribution in [0.2, 0.25) is 0 Å². The second kappa shape index (κ2) is 9.77. The summed E-state index contributed by atoms with van der Waals surface area (Å²) in [5.74, 6) is -0.0970. The molecule has 7 nitrogen and oxygen atoms in total. The summed E-state index contributed by atoms with van der Waals surface area (Å²) in [6.07, 6.45) is 3.79. The Balaban J connectivity index is 1.46. The lowest BCUT2D eigenvalue weighted by Gasteiger charge is -2.20. The molecule has 2 aromatic carbocycles. The van der Waals surface area contributed by atoms with Crippen molar-refractivity contribution in [3.05, 3.63) is 75.8 Å². The fraction of sp³-hybridized carbons (Fsp3) is 0.360. The summed E-state index contributed by atoms with van der Waals surface area (Å²) in [7, 11) is 0. The van der Waals surface area contributed by atoms with Crippen molar-refractivity contribution in [1.82, 2.24) is 14.5 Å². The molecule has 0 spiro atoms. The van der Waals surface area contributed by atoms with E-state index in [0.717, 1.165) is 37.1 Å². The molecule has 2 heterocycles. The van der Waals surface area contributed by atoms with Crippen LogP contribution in [0.3, 0.4) is 0 Å². The molecule has 3 aromatic rings. The Morgan fingerprint density at radius 2 is 1.91 bits per heavy atom. The van der Waals surface area contributed by atoms with Gasteiger partial charge >= 0.3 is 5.97 Å². The van der Waals surface area contributed by atoms with E-state index in [1.165, 1.54) is 0 Å².